The highest BCUT2D eigenvalue weighted by atomic mass is 16.6. The number of methoxy groups -OCH3 is 1. The van der Waals surface area contributed by atoms with Crippen LogP contribution in [0.3, 0.4) is 0 Å². The molecule has 11 nitrogen and oxygen atoms in total. The highest BCUT2D eigenvalue weighted by Gasteiger charge is 2.75. The number of nitrogens with one attached hydrogen (secondary N) is 1. The van der Waals surface area contributed by atoms with E-state index >= 15 is 0 Å². The molecule has 280 valence electrons. The lowest BCUT2D eigenvalue weighted by Gasteiger charge is -2.39. The van der Waals surface area contributed by atoms with E-state index in [1.165, 1.54) is 12.0 Å². The molecule has 52 heavy (non-hydrogen) atoms. The lowest BCUT2D eigenvalue weighted by molar-refractivity contribution is -0.163. The molecule has 5 rings (SSSR count). The first-order chi connectivity index (χ1) is 25.1. The Kier molecular flexibility index (Phi) is 13.1. The second-order valence-electron chi connectivity index (χ2n) is 14.5. The van der Waals surface area contributed by atoms with Gasteiger partial charge in [-0.05, 0) is 42.7 Å². The fourth-order valence-electron chi connectivity index (χ4n) is 8.34. The number of carbonyl (C=O) groups is 4. The van der Waals surface area contributed by atoms with Crippen molar-refractivity contribution in [1.82, 2.24) is 15.1 Å². The number of fused-ring (bicyclic) bond motifs is 1. The van der Waals surface area contributed by atoms with E-state index in [9.17, 15) is 24.3 Å². The molecule has 3 heterocycles. The monoisotopic (exact) mass is 715 g/mol. The number of likely N-dealkylation sites (tertiary alicyclic amines) is 1. The Labute approximate surface area is 307 Å². The summed E-state index contributed by atoms with van der Waals surface area (Å²) in [6, 6.07) is 16.2. The van der Waals surface area contributed by atoms with Gasteiger partial charge in [-0.25, -0.2) is 0 Å². The number of aliphatic hydroxyl groups is 1. The van der Waals surface area contributed by atoms with E-state index in [1.54, 1.807) is 17.1 Å². The van der Waals surface area contributed by atoms with Gasteiger partial charge in [-0.2, -0.15) is 0 Å². The van der Waals surface area contributed by atoms with Crippen LogP contribution in [-0.4, -0.2) is 95.3 Å². The van der Waals surface area contributed by atoms with E-state index in [1.807, 2.05) is 74.5 Å². The van der Waals surface area contributed by atoms with Crippen molar-refractivity contribution in [2.24, 2.45) is 17.8 Å². The van der Waals surface area contributed by atoms with Crippen molar-refractivity contribution in [2.45, 2.75) is 88.4 Å². The molecule has 2 bridgehead atoms. The summed E-state index contributed by atoms with van der Waals surface area (Å²) in [6.07, 6.45) is 3.69. The second kappa shape index (κ2) is 17.5. The molecule has 0 aliphatic carbocycles. The summed E-state index contributed by atoms with van der Waals surface area (Å²) in [6.45, 7) is 11.8. The topological polar surface area (TPSA) is 135 Å². The van der Waals surface area contributed by atoms with Crippen LogP contribution in [-0.2, 0) is 39.9 Å². The van der Waals surface area contributed by atoms with Crippen LogP contribution in [0.5, 0.6) is 0 Å². The number of benzene rings is 2. The molecule has 0 radical (unpaired) electrons. The van der Waals surface area contributed by atoms with Crippen molar-refractivity contribution in [3.63, 3.8) is 0 Å². The minimum atomic E-state index is -1.30. The molecule has 8 atom stereocenters. The van der Waals surface area contributed by atoms with Crippen molar-refractivity contribution >= 4 is 23.7 Å². The van der Waals surface area contributed by atoms with Crippen molar-refractivity contribution in [3.05, 3.63) is 97.1 Å². The number of hydrogen-bond donors (Lipinski definition) is 2. The molecule has 3 amide bonds. The third-order valence-corrected chi connectivity index (χ3v) is 10.5. The molecular formula is C41H53N3O8. The Morgan fingerprint density at radius 2 is 1.79 bits per heavy atom. The molecule has 1 spiro atoms. The number of aliphatic hydroxyl groups excluding tert-OH is 1. The average molecular weight is 716 g/mol. The van der Waals surface area contributed by atoms with Gasteiger partial charge in [-0.15, -0.1) is 13.2 Å². The van der Waals surface area contributed by atoms with Gasteiger partial charge in [0.1, 0.15) is 17.7 Å². The maximum absolute atomic E-state index is 14.9. The summed E-state index contributed by atoms with van der Waals surface area (Å²) < 4.78 is 18.5. The van der Waals surface area contributed by atoms with Crippen LogP contribution in [0.15, 0.2) is 86.0 Å². The molecule has 3 saturated heterocycles. The number of ether oxygens (including phenoxy) is 3. The zero-order valence-electron chi connectivity index (χ0n) is 30.5. The summed E-state index contributed by atoms with van der Waals surface area (Å²) in [5, 5.41) is 13.7. The van der Waals surface area contributed by atoms with E-state index in [2.05, 4.69) is 18.5 Å². The van der Waals surface area contributed by atoms with Gasteiger partial charge in [0.15, 0.2) is 0 Å². The molecule has 0 saturated carbocycles. The summed E-state index contributed by atoms with van der Waals surface area (Å²) in [5.74, 6) is -3.52. The standard InChI is InChI=1S/C41H53N3O8/c1-6-8-19-33(46)42-31(26-50-5)36(29-17-13-10-14-18-29)51-40(49)34-32-20-21-41(52-32)35(34)38(47)44(30(25-45)23-27(3)4)37(41)39(48)43(22-7-2)24-28-15-11-9-12-16-28/h6-7,9-18,27,30-32,34-37,45H,1-2,8,19-26H2,3-5H3,(H,42,46)/t30-,31+,32+,34-,35-,36+,37+,41-/m1/s1. The van der Waals surface area contributed by atoms with Gasteiger partial charge >= 0.3 is 5.97 Å². The summed E-state index contributed by atoms with van der Waals surface area (Å²) >= 11 is 0. The molecule has 2 aromatic carbocycles. The van der Waals surface area contributed by atoms with Crippen molar-refractivity contribution in [1.29, 1.82) is 0 Å². The van der Waals surface area contributed by atoms with E-state index < -0.39 is 59.6 Å². The van der Waals surface area contributed by atoms with Crippen LogP contribution < -0.4 is 5.32 Å². The Hall–Kier alpha value is -4.32. The van der Waals surface area contributed by atoms with Crippen LogP contribution in [0.25, 0.3) is 0 Å². The smallest absolute Gasteiger partial charge is 0.313 e. The minimum absolute atomic E-state index is 0.0574. The normalized spacial score (nSPS) is 24.9. The Morgan fingerprint density at radius 1 is 1.10 bits per heavy atom. The third-order valence-electron chi connectivity index (χ3n) is 10.5. The fraction of sp³-hybridized carbons (Fsp3) is 0.512. The van der Waals surface area contributed by atoms with Gasteiger partial charge in [0.25, 0.3) is 0 Å². The molecule has 0 aromatic heterocycles. The molecule has 3 aliphatic heterocycles. The lowest BCUT2D eigenvalue weighted by atomic mass is 9.70. The summed E-state index contributed by atoms with van der Waals surface area (Å²) in [7, 11) is 1.51. The highest BCUT2D eigenvalue weighted by molar-refractivity contribution is 5.98. The highest BCUT2D eigenvalue weighted by Crippen LogP contribution is 2.59. The predicted molar refractivity (Wildman–Crippen MR) is 195 cm³/mol. The zero-order valence-corrected chi connectivity index (χ0v) is 30.5. The first-order valence-electron chi connectivity index (χ1n) is 18.3. The van der Waals surface area contributed by atoms with Crippen molar-refractivity contribution in [2.75, 3.05) is 26.9 Å². The molecule has 3 fully saturated rings. The lowest BCUT2D eigenvalue weighted by Crippen LogP contribution is -2.58. The number of amides is 3. The first-order valence-corrected chi connectivity index (χ1v) is 18.3. The number of esters is 1. The number of rotatable bonds is 19. The van der Waals surface area contributed by atoms with Crippen LogP contribution in [0.1, 0.15) is 63.2 Å². The van der Waals surface area contributed by atoms with Gasteiger partial charge in [-0.3, -0.25) is 19.2 Å². The van der Waals surface area contributed by atoms with Crippen molar-refractivity contribution < 1.29 is 38.5 Å². The maximum atomic E-state index is 14.9. The van der Waals surface area contributed by atoms with Gasteiger partial charge in [0.2, 0.25) is 17.7 Å². The molecular weight excluding hydrogens is 662 g/mol. The Balaban J connectivity index is 1.51. The third kappa shape index (κ3) is 8.01. The van der Waals surface area contributed by atoms with E-state index in [0.29, 0.717) is 31.2 Å². The van der Waals surface area contributed by atoms with Gasteiger partial charge in [-0.1, -0.05) is 86.7 Å². The molecule has 2 aromatic rings. The molecule has 0 unspecified atom stereocenters. The Bertz CT molecular complexity index is 1570. The summed E-state index contributed by atoms with van der Waals surface area (Å²) in [5.41, 5.74) is 0.262. The number of allylic oxidation sites excluding steroid dienone is 1. The maximum Gasteiger partial charge on any atom is 0.313 e. The molecule has 2 N–H and O–H groups in total. The van der Waals surface area contributed by atoms with Crippen LogP contribution in [0.2, 0.25) is 0 Å². The number of hydrogen-bond acceptors (Lipinski definition) is 8. The van der Waals surface area contributed by atoms with E-state index in [4.69, 9.17) is 14.2 Å². The number of carbonyl (C=O) groups excluding carboxylic acids is 4. The van der Waals surface area contributed by atoms with Crippen LogP contribution in [0, 0.1) is 17.8 Å². The van der Waals surface area contributed by atoms with Crippen molar-refractivity contribution in [3.8, 4) is 0 Å². The second-order valence-corrected chi connectivity index (χ2v) is 14.5. The van der Waals surface area contributed by atoms with E-state index in [0.717, 1.165) is 5.56 Å². The van der Waals surface area contributed by atoms with Gasteiger partial charge in [0.05, 0.1) is 43.2 Å². The minimum Gasteiger partial charge on any atom is -0.455 e. The van der Waals surface area contributed by atoms with Gasteiger partial charge < -0.3 is 34.4 Å². The van der Waals surface area contributed by atoms with Gasteiger partial charge in [0, 0.05) is 26.6 Å². The largest absolute Gasteiger partial charge is 0.455 e. The zero-order chi connectivity index (χ0) is 37.4. The first kappa shape index (κ1) is 38.9. The molecule has 3 aliphatic rings. The Morgan fingerprint density at radius 3 is 2.40 bits per heavy atom. The van der Waals surface area contributed by atoms with Crippen LogP contribution in [0.4, 0.5) is 0 Å². The molecule has 11 heteroatoms. The summed E-state index contributed by atoms with van der Waals surface area (Å²) in [4.78, 5) is 60.3. The van der Waals surface area contributed by atoms with E-state index in [-0.39, 0.29) is 50.5 Å². The van der Waals surface area contributed by atoms with Crippen LogP contribution >= 0.6 is 0 Å². The predicted octanol–water partition coefficient (Wildman–Crippen LogP) is 4.36. The fourth-order valence-corrected chi connectivity index (χ4v) is 8.34. The number of nitrogens with zero attached hydrogens (tertiary/aromatic N) is 2. The average Bonchev–Trinajstić information content (AvgIpc) is 3.79. The quantitative estimate of drug-likeness (QED) is 0.162. The SMILES string of the molecule is C=CCCC(=O)N[C@@H](COC)[C@@H](OC(=O)[C@@H]1[C@@H]2CC[C@]3(O2)[C@H](C(=O)N(CC=C)Cc2ccccc2)N([C@@H](CO)CC(C)C)C(=O)[C@@H]13)c1ccccc1.